The van der Waals surface area contributed by atoms with Gasteiger partial charge in [0, 0.05) is 37.6 Å². The zero-order valence-electron chi connectivity index (χ0n) is 13.7. The molecular formula is C17H25ClN2O2. The highest BCUT2D eigenvalue weighted by atomic mass is 35.5. The van der Waals surface area contributed by atoms with Crippen LogP contribution in [0.2, 0.25) is 5.02 Å². The predicted octanol–water partition coefficient (Wildman–Crippen LogP) is 2.72. The third kappa shape index (κ3) is 3.93. The minimum absolute atomic E-state index is 0.247. The first-order chi connectivity index (χ1) is 10.5. The molecule has 1 aromatic rings. The van der Waals surface area contributed by atoms with Crippen molar-refractivity contribution in [1.29, 1.82) is 0 Å². The van der Waals surface area contributed by atoms with Crippen LogP contribution in [0.25, 0.3) is 0 Å². The van der Waals surface area contributed by atoms with E-state index in [-0.39, 0.29) is 5.91 Å². The molecule has 0 aliphatic carbocycles. The number of nitrogens with one attached hydrogen (secondary N) is 1. The van der Waals surface area contributed by atoms with E-state index in [1.54, 1.807) is 7.11 Å². The van der Waals surface area contributed by atoms with Crippen LogP contribution in [-0.2, 0) is 11.2 Å². The SMILES string of the molecule is COc1cc(C)c(Cl)c(C)c1CCCC(=O)N1CCNCC1. The average molecular weight is 325 g/mol. The number of amides is 1. The quantitative estimate of drug-likeness (QED) is 0.905. The second-order valence-electron chi connectivity index (χ2n) is 5.80. The highest BCUT2D eigenvalue weighted by Crippen LogP contribution is 2.32. The Morgan fingerprint density at radius 2 is 2.05 bits per heavy atom. The van der Waals surface area contributed by atoms with Crippen molar-refractivity contribution >= 4 is 17.5 Å². The van der Waals surface area contributed by atoms with E-state index in [0.29, 0.717) is 6.42 Å². The normalized spacial score (nSPS) is 15.0. The summed E-state index contributed by atoms with van der Waals surface area (Å²) in [4.78, 5) is 14.1. The summed E-state index contributed by atoms with van der Waals surface area (Å²) in [5.41, 5.74) is 3.20. The van der Waals surface area contributed by atoms with Crippen molar-refractivity contribution in [2.75, 3.05) is 33.3 Å². The molecule has 0 atom stereocenters. The molecule has 1 amide bonds. The van der Waals surface area contributed by atoms with Crippen molar-refractivity contribution in [2.24, 2.45) is 0 Å². The van der Waals surface area contributed by atoms with Crippen LogP contribution in [0.5, 0.6) is 5.75 Å². The van der Waals surface area contributed by atoms with Crippen LogP contribution in [0, 0.1) is 13.8 Å². The fraction of sp³-hybridized carbons (Fsp3) is 0.588. The lowest BCUT2D eigenvalue weighted by Crippen LogP contribution is -2.46. The molecule has 0 spiro atoms. The summed E-state index contributed by atoms with van der Waals surface area (Å²) < 4.78 is 5.47. The van der Waals surface area contributed by atoms with Crippen LogP contribution < -0.4 is 10.1 Å². The van der Waals surface area contributed by atoms with E-state index in [1.807, 2.05) is 24.8 Å². The monoisotopic (exact) mass is 324 g/mol. The number of hydrogen-bond acceptors (Lipinski definition) is 3. The van der Waals surface area contributed by atoms with Gasteiger partial charge in [-0.05, 0) is 49.4 Å². The Bertz CT molecular complexity index is 540. The molecule has 1 aliphatic rings. The zero-order chi connectivity index (χ0) is 16.1. The Morgan fingerprint density at radius 1 is 1.36 bits per heavy atom. The van der Waals surface area contributed by atoms with Gasteiger partial charge < -0.3 is 15.0 Å². The number of rotatable bonds is 5. The number of piperazine rings is 1. The lowest BCUT2D eigenvalue weighted by molar-refractivity contribution is -0.131. The molecule has 1 N–H and O–H groups in total. The van der Waals surface area contributed by atoms with Crippen LogP contribution in [-0.4, -0.2) is 44.1 Å². The summed E-state index contributed by atoms with van der Waals surface area (Å²) in [7, 11) is 1.68. The van der Waals surface area contributed by atoms with Gasteiger partial charge >= 0.3 is 0 Å². The smallest absolute Gasteiger partial charge is 0.222 e. The summed E-state index contributed by atoms with van der Waals surface area (Å²) >= 11 is 6.34. The first-order valence-electron chi connectivity index (χ1n) is 7.85. The number of aryl methyl sites for hydroxylation is 1. The topological polar surface area (TPSA) is 41.6 Å². The number of ether oxygens (including phenoxy) is 1. The van der Waals surface area contributed by atoms with Crippen LogP contribution >= 0.6 is 11.6 Å². The molecule has 1 aliphatic heterocycles. The van der Waals surface area contributed by atoms with E-state index in [2.05, 4.69) is 5.32 Å². The third-order valence-corrected chi connectivity index (χ3v) is 4.86. The van der Waals surface area contributed by atoms with Crippen molar-refractivity contribution in [3.63, 3.8) is 0 Å². The molecular weight excluding hydrogens is 300 g/mol. The highest BCUT2D eigenvalue weighted by Gasteiger charge is 2.17. The Morgan fingerprint density at radius 3 is 2.68 bits per heavy atom. The van der Waals surface area contributed by atoms with Crippen LogP contribution in [0.15, 0.2) is 6.07 Å². The fourth-order valence-corrected chi connectivity index (χ4v) is 3.11. The number of halogens is 1. The van der Waals surface area contributed by atoms with E-state index < -0.39 is 0 Å². The van der Waals surface area contributed by atoms with E-state index in [0.717, 1.165) is 66.5 Å². The lowest BCUT2D eigenvalue weighted by atomic mass is 9.99. The van der Waals surface area contributed by atoms with Gasteiger partial charge in [-0.25, -0.2) is 0 Å². The number of carbonyl (C=O) groups is 1. The Kier molecular flexibility index (Phi) is 6.09. The first kappa shape index (κ1) is 17.1. The predicted molar refractivity (Wildman–Crippen MR) is 89.9 cm³/mol. The lowest BCUT2D eigenvalue weighted by Gasteiger charge is -2.27. The van der Waals surface area contributed by atoms with Gasteiger partial charge in [0.1, 0.15) is 5.75 Å². The third-order valence-electron chi connectivity index (χ3n) is 4.28. The molecule has 1 aromatic carbocycles. The summed E-state index contributed by atoms with van der Waals surface area (Å²) in [5.74, 6) is 1.12. The summed E-state index contributed by atoms with van der Waals surface area (Å²) in [5, 5.41) is 4.06. The van der Waals surface area contributed by atoms with Gasteiger partial charge in [-0.2, -0.15) is 0 Å². The van der Waals surface area contributed by atoms with Crippen LogP contribution in [0.3, 0.4) is 0 Å². The van der Waals surface area contributed by atoms with Crippen LogP contribution in [0.4, 0.5) is 0 Å². The van der Waals surface area contributed by atoms with Gasteiger partial charge in [0.2, 0.25) is 5.91 Å². The largest absolute Gasteiger partial charge is 0.496 e. The molecule has 122 valence electrons. The van der Waals surface area contributed by atoms with Gasteiger partial charge in [-0.1, -0.05) is 11.6 Å². The fourth-order valence-electron chi connectivity index (χ4n) is 2.94. The molecule has 0 bridgehead atoms. The highest BCUT2D eigenvalue weighted by molar-refractivity contribution is 6.32. The van der Waals surface area contributed by atoms with Crippen molar-refractivity contribution < 1.29 is 9.53 Å². The van der Waals surface area contributed by atoms with E-state index in [9.17, 15) is 4.79 Å². The number of methoxy groups -OCH3 is 1. The van der Waals surface area contributed by atoms with Gasteiger partial charge in [0.25, 0.3) is 0 Å². The summed E-state index contributed by atoms with van der Waals surface area (Å²) in [6, 6.07) is 1.97. The number of nitrogens with zero attached hydrogens (tertiary/aromatic N) is 1. The molecule has 1 fully saturated rings. The van der Waals surface area contributed by atoms with E-state index >= 15 is 0 Å². The molecule has 1 saturated heterocycles. The molecule has 0 aromatic heterocycles. The number of carbonyl (C=O) groups excluding carboxylic acids is 1. The van der Waals surface area contributed by atoms with Crippen molar-refractivity contribution in [2.45, 2.75) is 33.1 Å². The number of benzene rings is 1. The molecule has 0 unspecified atom stereocenters. The minimum atomic E-state index is 0.247. The van der Waals surface area contributed by atoms with Crippen molar-refractivity contribution in [3.05, 3.63) is 27.8 Å². The second kappa shape index (κ2) is 7.84. The van der Waals surface area contributed by atoms with E-state index in [1.165, 1.54) is 0 Å². The van der Waals surface area contributed by atoms with Gasteiger partial charge in [0.05, 0.1) is 7.11 Å². The first-order valence-corrected chi connectivity index (χ1v) is 8.23. The van der Waals surface area contributed by atoms with Crippen LogP contribution in [0.1, 0.15) is 29.5 Å². The Labute approximate surface area is 137 Å². The molecule has 0 saturated carbocycles. The molecule has 5 heteroatoms. The molecule has 1 heterocycles. The molecule has 0 radical (unpaired) electrons. The maximum atomic E-state index is 12.2. The second-order valence-corrected chi connectivity index (χ2v) is 6.18. The van der Waals surface area contributed by atoms with Gasteiger partial charge in [-0.3, -0.25) is 4.79 Å². The Hall–Kier alpha value is -1.26. The van der Waals surface area contributed by atoms with Gasteiger partial charge in [0.15, 0.2) is 0 Å². The van der Waals surface area contributed by atoms with Crippen molar-refractivity contribution in [1.82, 2.24) is 10.2 Å². The molecule has 4 nitrogen and oxygen atoms in total. The molecule has 2 rings (SSSR count). The minimum Gasteiger partial charge on any atom is -0.496 e. The zero-order valence-corrected chi connectivity index (χ0v) is 14.4. The van der Waals surface area contributed by atoms with Gasteiger partial charge in [-0.15, -0.1) is 0 Å². The summed E-state index contributed by atoms with van der Waals surface area (Å²) in [6.07, 6.45) is 2.21. The Balaban J connectivity index is 1.96. The standard InChI is InChI=1S/C17H25ClN2O2/c1-12-11-15(22-3)14(13(2)17(12)18)5-4-6-16(21)20-9-7-19-8-10-20/h11,19H,4-10H2,1-3H3. The average Bonchev–Trinajstić information content (AvgIpc) is 2.55. The van der Waals surface area contributed by atoms with Crippen molar-refractivity contribution in [3.8, 4) is 5.75 Å². The summed E-state index contributed by atoms with van der Waals surface area (Å²) in [6.45, 7) is 7.43. The van der Waals surface area contributed by atoms with E-state index in [4.69, 9.17) is 16.3 Å². The molecule has 22 heavy (non-hydrogen) atoms. The maximum absolute atomic E-state index is 12.2. The maximum Gasteiger partial charge on any atom is 0.222 e. The number of hydrogen-bond donors (Lipinski definition) is 1.